The zero-order chi connectivity index (χ0) is 25.6. The lowest BCUT2D eigenvalue weighted by Crippen LogP contribution is -2.32. The highest BCUT2D eigenvalue weighted by atomic mass is 19.1. The molecule has 1 aliphatic rings. The summed E-state index contributed by atoms with van der Waals surface area (Å²) < 4.78 is 17.6. The highest BCUT2D eigenvalue weighted by Gasteiger charge is 2.30. The maximum atomic E-state index is 13.9. The van der Waals surface area contributed by atoms with Gasteiger partial charge < -0.3 is 10.6 Å². The van der Waals surface area contributed by atoms with Crippen molar-refractivity contribution in [2.24, 2.45) is 0 Å². The number of nitrogens with one attached hydrogen (secondary N) is 2. The molecule has 36 heavy (non-hydrogen) atoms. The van der Waals surface area contributed by atoms with Crippen molar-refractivity contribution >= 4 is 34.2 Å². The number of fused-ring (bicyclic) bond motifs is 3. The number of halogens is 1. The fourth-order valence-corrected chi connectivity index (χ4v) is 4.08. The quantitative estimate of drug-likeness (QED) is 0.411. The lowest BCUT2D eigenvalue weighted by Gasteiger charge is -2.13. The van der Waals surface area contributed by atoms with E-state index in [0.717, 1.165) is 23.9 Å². The molecule has 1 unspecified atom stereocenters. The van der Waals surface area contributed by atoms with Crippen LogP contribution in [0.4, 0.5) is 10.1 Å². The highest BCUT2D eigenvalue weighted by molar-refractivity contribution is 5.98. The summed E-state index contributed by atoms with van der Waals surface area (Å²) in [6, 6.07) is 10.1. The SMILES string of the molecule is CCC(C)NC(=O)c1ccc2c(=O)n(C3CC3)c3nn(CC(=O)Nc4ccccc4F)c(=O)n3c2c1. The van der Waals surface area contributed by atoms with Crippen molar-refractivity contribution in [1.82, 2.24) is 24.1 Å². The summed E-state index contributed by atoms with van der Waals surface area (Å²) in [5, 5.41) is 9.87. The lowest BCUT2D eigenvalue weighted by molar-refractivity contribution is -0.117. The van der Waals surface area contributed by atoms with Crippen LogP contribution in [0.5, 0.6) is 0 Å². The van der Waals surface area contributed by atoms with Crippen LogP contribution in [-0.2, 0) is 11.3 Å². The molecule has 2 aromatic carbocycles. The summed E-state index contributed by atoms with van der Waals surface area (Å²) in [4.78, 5) is 52.0. The number of hydrogen-bond donors (Lipinski definition) is 2. The summed E-state index contributed by atoms with van der Waals surface area (Å²) in [6.45, 7) is 3.35. The molecule has 4 aromatic rings. The van der Waals surface area contributed by atoms with Crippen LogP contribution >= 0.6 is 0 Å². The van der Waals surface area contributed by atoms with Crippen molar-refractivity contribution in [3.8, 4) is 0 Å². The van der Waals surface area contributed by atoms with Gasteiger partial charge in [0.25, 0.3) is 11.5 Å². The molecule has 2 aromatic heterocycles. The van der Waals surface area contributed by atoms with Crippen LogP contribution in [0.15, 0.2) is 52.1 Å². The average molecular weight is 493 g/mol. The Morgan fingerprint density at radius 3 is 2.61 bits per heavy atom. The number of hydrogen-bond acceptors (Lipinski definition) is 5. The molecule has 2 heterocycles. The smallest absolute Gasteiger partial charge is 0.350 e. The minimum Gasteiger partial charge on any atom is -0.350 e. The van der Waals surface area contributed by atoms with Gasteiger partial charge >= 0.3 is 5.69 Å². The van der Waals surface area contributed by atoms with E-state index in [2.05, 4.69) is 15.7 Å². The topological polar surface area (TPSA) is 120 Å². The first kappa shape index (κ1) is 23.5. The van der Waals surface area contributed by atoms with Crippen molar-refractivity contribution < 1.29 is 14.0 Å². The number of carbonyl (C=O) groups excluding carboxylic acids is 2. The summed E-state index contributed by atoms with van der Waals surface area (Å²) >= 11 is 0. The second-order valence-electron chi connectivity index (χ2n) is 9.02. The van der Waals surface area contributed by atoms with Crippen LogP contribution in [0.2, 0.25) is 0 Å². The van der Waals surface area contributed by atoms with E-state index < -0.39 is 24.0 Å². The van der Waals surface area contributed by atoms with E-state index in [9.17, 15) is 23.6 Å². The maximum absolute atomic E-state index is 13.9. The molecule has 11 heteroatoms. The molecule has 1 atom stereocenters. The average Bonchev–Trinajstić information content (AvgIpc) is 3.64. The lowest BCUT2D eigenvalue weighted by atomic mass is 10.1. The van der Waals surface area contributed by atoms with Gasteiger partial charge in [0.05, 0.1) is 16.6 Å². The number of rotatable bonds is 7. The molecule has 0 radical (unpaired) electrons. The second kappa shape index (κ2) is 9.06. The van der Waals surface area contributed by atoms with Gasteiger partial charge in [-0.05, 0) is 56.5 Å². The fourth-order valence-electron chi connectivity index (χ4n) is 4.08. The van der Waals surface area contributed by atoms with Gasteiger partial charge in [0.15, 0.2) is 0 Å². The first-order valence-corrected chi connectivity index (χ1v) is 11.8. The molecule has 0 aliphatic heterocycles. The standard InChI is InChI=1S/C25H25FN6O4/c1-3-14(2)27-22(34)15-8-11-17-20(12-15)32-24(31(23(17)35)16-9-10-16)29-30(25(32)36)13-21(33)28-19-7-5-4-6-18(19)26/h4-8,11-12,14,16H,3,9-10,13H2,1-2H3,(H,27,34)(H,28,33). The van der Waals surface area contributed by atoms with Crippen molar-refractivity contribution in [3.05, 3.63) is 74.7 Å². The number of aromatic nitrogens is 4. The van der Waals surface area contributed by atoms with E-state index in [0.29, 0.717) is 5.56 Å². The van der Waals surface area contributed by atoms with Crippen LogP contribution in [0, 0.1) is 5.82 Å². The first-order chi connectivity index (χ1) is 17.3. The van der Waals surface area contributed by atoms with Crippen molar-refractivity contribution in [2.75, 3.05) is 5.32 Å². The Labute approximate surface area is 204 Å². The third kappa shape index (κ3) is 4.16. The third-order valence-electron chi connectivity index (χ3n) is 6.33. The zero-order valence-electron chi connectivity index (χ0n) is 19.8. The van der Waals surface area contributed by atoms with Gasteiger partial charge in [0.2, 0.25) is 11.7 Å². The molecule has 0 bridgehead atoms. The van der Waals surface area contributed by atoms with Gasteiger partial charge in [-0.15, -0.1) is 5.10 Å². The Bertz CT molecular complexity index is 1630. The monoisotopic (exact) mass is 492 g/mol. The summed E-state index contributed by atoms with van der Waals surface area (Å²) in [6.07, 6.45) is 2.29. The minimum absolute atomic E-state index is 0.0170. The molecule has 10 nitrogen and oxygen atoms in total. The number of para-hydroxylation sites is 1. The molecule has 1 saturated carbocycles. The van der Waals surface area contributed by atoms with Crippen molar-refractivity contribution in [1.29, 1.82) is 0 Å². The van der Waals surface area contributed by atoms with E-state index in [1.807, 2.05) is 13.8 Å². The van der Waals surface area contributed by atoms with Gasteiger partial charge in [0, 0.05) is 17.6 Å². The van der Waals surface area contributed by atoms with Crippen LogP contribution in [-0.4, -0.2) is 36.6 Å². The Balaban J connectivity index is 1.61. The number of anilines is 1. The van der Waals surface area contributed by atoms with E-state index in [-0.39, 0.29) is 45.9 Å². The molecule has 1 fully saturated rings. The Morgan fingerprint density at radius 1 is 1.17 bits per heavy atom. The van der Waals surface area contributed by atoms with Gasteiger partial charge in [0.1, 0.15) is 12.4 Å². The molecule has 186 valence electrons. The maximum Gasteiger partial charge on any atom is 0.352 e. The molecule has 2 N–H and O–H groups in total. The number of benzene rings is 2. The Kier molecular flexibility index (Phi) is 5.91. The van der Waals surface area contributed by atoms with Crippen LogP contribution < -0.4 is 21.9 Å². The second-order valence-corrected chi connectivity index (χ2v) is 9.02. The molecule has 1 aliphatic carbocycles. The largest absolute Gasteiger partial charge is 0.352 e. The molecule has 0 saturated heterocycles. The number of amides is 2. The van der Waals surface area contributed by atoms with Crippen molar-refractivity contribution in [3.63, 3.8) is 0 Å². The van der Waals surface area contributed by atoms with Crippen LogP contribution in [0.1, 0.15) is 49.5 Å². The Hall–Kier alpha value is -4.28. The van der Waals surface area contributed by atoms with Crippen molar-refractivity contribution in [2.45, 2.75) is 51.7 Å². The van der Waals surface area contributed by atoms with Gasteiger partial charge in [-0.3, -0.25) is 19.0 Å². The van der Waals surface area contributed by atoms with Gasteiger partial charge in [-0.1, -0.05) is 19.1 Å². The van der Waals surface area contributed by atoms with E-state index in [1.54, 1.807) is 12.1 Å². The first-order valence-electron chi connectivity index (χ1n) is 11.8. The van der Waals surface area contributed by atoms with Gasteiger partial charge in [-0.25, -0.2) is 18.3 Å². The van der Waals surface area contributed by atoms with Crippen LogP contribution in [0.25, 0.3) is 16.7 Å². The van der Waals surface area contributed by atoms with Gasteiger partial charge in [-0.2, -0.15) is 0 Å². The predicted octanol–water partition coefficient (Wildman–Crippen LogP) is 2.45. The molecule has 2 amide bonds. The van der Waals surface area contributed by atoms with Crippen LogP contribution in [0.3, 0.4) is 0 Å². The molecule has 5 rings (SSSR count). The van der Waals surface area contributed by atoms with E-state index in [1.165, 1.54) is 39.3 Å². The van der Waals surface area contributed by atoms with E-state index in [4.69, 9.17) is 0 Å². The summed E-state index contributed by atoms with van der Waals surface area (Å²) in [5.41, 5.74) is -0.454. The Morgan fingerprint density at radius 2 is 1.92 bits per heavy atom. The molecular formula is C25H25FN6O4. The van der Waals surface area contributed by atoms with E-state index >= 15 is 0 Å². The normalized spacial score (nSPS) is 14.2. The molecule has 0 spiro atoms. The molecular weight excluding hydrogens is 467 g/mol. The summed E-state index contributed by atoms with van der Waals surface area (Å²) in [5.74, 6) is -1.48. The fraction of sp³-hybridized carbons (Fsp3) is 0.320. The minimum atomic E-state index is -0.649. The highest BCUT2D eigenvalue weighted by Crippen LogP contribution is 2.35. The number of nitrogens with zero attached hydrogens (tertiary/aromatic N) is 4. The predicted molar refractivity (Wildman–Crippen MR) is 132 cm³/mol. The number of carbonyl (C=O) groups is 2. The zero-order valence-corrected chi connectivity index (χ0v) is 19.8. The summed E-state index contributed by atoms with van der Waals surface area (Å²) in [7, 11) is 0. The third-order valence-corrected chi connectivity index (χ3v) is 6.33.